The van der Waals surface area contributed by atoms with Gasteiger partial charge in [-0.2, -0.15) is 0 Å². The third kappa shape index (κ3) is 5.03. The lowest BCUT2D eigenvalue weighted by atomic mass is 9.86. The highest BCUT2D eigenvalue weighted by atomic mass is 16.2. The summed E-state index contributed by atoms with van der Waals surface area (Å²) in [5, 5.41) is 6.67. The van der Waals surface area contributed by atoms with E-state index in [1.807, 2.05) is 20.9 Å². The molecule has 5 heteroatoms. The van der Waals surface area contributed by atoms with Crippen LogP contribution in [0.4, 0.5) is 0 Å². The predicted molar refractivity (Wildman–Crippen MR) is 104 cm³/mol. The number of nitrogens with zero attached hydrogens (tertiary/aromatic N) is 2. The largest absolute Gasteiger partial charge is 0.339 e. The molecule has 2 aliphatic rings. The molecule has 5 nitrogen and oxygen atoms in total. The maximum atomic E-state index is 13.0. The Kier molecular flexibility index (Phi) is 7.88. The van der Waals surface area contributed by atoms with Gasteiger partial charge in [0.15, 0.2) is 0 Å². The lowest BCUT2D eigenvalue weighted by Crippen LogP contribution is -2.63. The minimum Gasteiger partial charge on any atom is -0.339 e. The number of likely N-dealkylation sites (N-methyl/N-ethyl adjacent to an activating group) is 1. The summed E-state index contributed by atoms with van der Waals surface area (Å²) in [6.07, 6.45) is 1.76. The van der Waals surface area contributed by atoms with Crippen molar-refractivity contribution in [1.82, 2.24) is 20.4 Å². The van der Waals surface area contributed by atoms with Crippen LogP contribution >= 0.6 is 0 Å². The smallest absolute Gasteiger partial charge is 0.243 e. The molecule has 0 aliphatic carbocycles. The Bertz CT molecular complexity index is 506. The van der Waals surface area contributed by atoms with Crippen LogP contribution in [0, 0.1) is 0 Å². The fraction of sp³-hybridized carbons (Fsp3) is 0.650. The van der Waals surface area contributed by atoms with E-state index < -0.39 is 0 Å². The van der Waals surface area contributed by atoms with Crippen LogP contribution < -0.4 is 10.6 Å². The second-order valence-corrected chi connectivity index (χ2v) is 6.64. The molecular formula is C20H34N4O. The van der Waals surface area contributed by atoms with E-state index in [0.29, 0.717) is 5.91 Å². The minimum absolute atomic E-state index is 0.292. The van der Waals surface area contributed by atoms with Gasteiger partial charge in [0.05, 0.1) is 0 Å². The van der Waals surface area contributed by atoms with Crippen molar-refractivity contribution in [2.75, 3.05) is 46.3 Å². The molecule has 3 rings (SSSR count). The zero-order valence-corrected chi connectivity index (χ0v) is 16.1. The number of hydrogen-bond acceptors (Lipinski definition) is 4. The normalized spacial score (nSPS) is 20.5. The number of amides is 1. The number of rotatable bonds is 4. The van der Waals surface area contributed by atoms with Crippen LogP contribution in [-0.2, 0) is 11.3 Å². The molecule has 2 N–H and O–H groups in total. The Morgan fingerprint density at radius 1 is 1.08 bits per heavy atom. The van der Waals surface area contributed by atoms with Crippen molar-refractivity contribution in [3.8, 4) is 0 Å². The highest BCUT2D eigenvalue weighted by Gasteiger charge is 2.41. The van der Waals surface area contributed by atoms with Crippen molar-refractivity contribution in [3.63, 3.8) is 0 Å². The monoisotopic (exact) mass is 346 g/mol. The Morgan fingerprint density at radius 3 is 2.24 bits per heavy atom. The molecule has 0 unspecified atom stereocenters. The summed E-state index contributed by atoms with van der Waals surface area (Å²) in [5.74, 6) is 0.292. The van der Waals surface area contributed by atoms with E-state index in [1.165, 1.54) is 5.56 Å². The van der Waals surface area contributed by atoms with Gasteiger partial charge in [0.2, 0.25) is 5.91 Å². The van der Waals surface area contributed by atoms with Crippen molar-refractivity contribution >= 4 is 5.91 Å². The molecule has 0 aromatic heterocycles. The highest BCUT2D eigenvalue weighted by Crippen LogP contribution is 2.22. The van der Waals surface area contributed by atoms with Crippen LogP contribution in [0.15, 0.2) is 30.3 Å². The van der Waals surface area contributed by atoms with Crippen molar-refractivity contribution in [1.29, 1.82) is 0 Å². The lowest BCUT2D eigenvalue weighted by Gasteiger charge is -2.43. The number of hydrogen-bond donors (Lipinski definition) is 2. The van der Waals surface area contributed by atoms with E-state index in [2.05, 4.69) is 50.8 Å². The molecule has 1 aromatic rings. The van der Waals surface area contributed by atoms with E-state index >= 15 is 0 Å². The number of nitrogens with one attached hydrogen (secondary N) is 2. The summed E-state index contributed by atoms with van der Waals surface area (Å²) in [6.45, 7) is 10.4. The molecule has 2 aliphatic heterocycles. The fourth-order valence-corrected chi connectivity index (χ4v) is 3.68. The minimum atomic E-state index is -0.354. The maximum absolute atomic E-state index is 13.0. The second-order valence-electron chi connectivity index (χ2n) is 6.64. The quantitative estimate of drug-likeness (QED) is 0.871. The summed E-state index contributed by atoms with van der Waals surface area (Å²) in [7, 11) is 1.93. The third-order valence-corrected chi connectivity index (χ3v) is 5.25. The molecule has 0 atom stereocenters. The van der Waals surface area contributed by atoms with Crippen LogP contribution in [0.5, 0.6) is 0 Å². The van der Waals surface area contributed by atoms with E-state index in [1.54, 1.807) is 0 Å². The van der Waals surface area contributed by atoms with Gasteiger partial charge < -0.3 is 15.5 Å². The number of carbonyl (C=O) groups is 1. The summed E-state index contributed by atoms with van der Waals surface area (Å²) in [4.78, 5) is 17.5. The van der Waals surface area contributed by atoms with Gasteiger partial charge in [0, 0.05) is 32.7 Å². The SMILES string of the molecule is CC.CNC1(C(=O)N2CCN(Cc3ccccc3)CC2)CCNCC1. The van der Waals surface area contributed by atoms with Crippen LogP contribution in [0.2, 0.25) is 0 Å². The Morgan fingerprint density at radius 2 is 1.68 bits per heavy atom. The molecule has 1 aromatic carbocycles. The first-order valence-electron chi connectivity index (χ1n) is 9.69. The van der Waals surface area contributed by atoms with Crippen LogP contribution in [0.3, 0.4) is 0 Å². The summed E-state index contributed by atoms with van der Waals surface area (Å²) in [5.41, 5.74) is 0.990. The first-order valence-corrected chi connectivity index (χ1v) is 9.69. The molecule has 0 radical (unpaired) electrons. The molecule has 0 spiro atoms. The maximum Gasteiger partial charge on any atom is 0.243 e. The van der Waals surface area contributed by atoms with Crippen molar-refractivity contribution in [2.24, 2.45) is 0 Å². The molecule has 25 heavy (non-hydrogen) atoms. The molecule has 0 saturated carbocycles. The van der Waals surface area contributed by atoms with Crippen LogP contribution in [-0.4, -0.2) is 67.6 Å². The fourth-order valence-electron chi connectivity index (χ4n) is 3.68. The van der Waals surface area contributed by atoms with E-state index in [9.17, 15) is 4.79 Å². The summed E-state index contributed by atoms with van der Waals surface area (Å²) in [6, 6.07) is 10.6. The lowest BCUT2D eigenvalue weighted by molar-refractivity contribution is -0.141. The Hall–Kier alpha value is -1.43. The Balaban J connectivity index is 0.00000109. The first kappa shape index (κ1) is 19.9. The van der Waals surface area contributed by atoms with Gasteiger partial charge in [0.25, 0.3) is 0 Å². The molecule has 1 amide bonds. The number of benzene rings is 1. The van der Waals surface area contributed by atoms with Crippen molar-refractivity contribution in [2.45, 2.75) is 38.8 Å². The number of carbonyl (C=O) groups excluding carboxylic acids is 1. The topological polar surface area (TPSA) is 47.6 Å². The zero-order chi connectivity index (χ0) is 18.1. The van der Waals surface area contributed by atoms with E-state index in [0.717, 1.165) is 58.7 Å². The van der Waals surface area contributed by atoms with Gasteiger partial charge in [-0.05, 0) is 38.5 Å². The van der Waals surface area contributed by atoms with Gasteiger partial charge in [0.1, 0.15) is 5.54 Å². The van der Waals surface area contributed by atoms with Gasteiger partial charge in [-0.25, -0.2) is 0 Å². The third-order valence-electron chi connectivity index (χ3n) is 5.25. The number of piperazine rings is 1. The van der Waals surface area contributed by atoms with Gasteiger partial charge in [-0.15, -0.1) is 0 Å². The van der Waals surface area contributed by atoms with Crippen molar-refractivity contribution < 1.29 is 4.79 Å². The van der Waals surface area contributed by atoms with Crippen molar-refractivity contribution in [3.05, 3.63) is 35.9 Å². The molecule has 2 heterocycles. The number of piperidine rings is 1. The standard InChI is InChI=1S/C18H28N4O.C2H6/c1-19-18(7-9-20-10-8-18)17(23)22-13-11-21(12-14-22)15-16-5-3-2-4-6-16;1-2/h2-6,19-20H,7-15H2,1H3;1-2H3. The van der Waals surface area contributed by atoms with Gasteiger partial charge in [-0.3, -0.25) is 9.69 Å². The molecule has 2 fully saturated rings. The van der Waals surface area contributed by atoms with Crippen LogP contribution in [0.25, 0.3) is 0 Å². The average molecular weight is 347 g/mol. The van der Waals surface area contributed by atoms with Gasteiger partial charge in [-0.1, -0.05) is 44.2 Å². The summed E-state index contributed by atoms with van der Waals surface area (Å²) >= 11 is 0. The Labute approximate surface area is 152 Å². The van der Waals surface area contributed by atoms with Gasteiger partial charge >= 0.3 is 0 Å². The molecule has 140 valence electrons. The first-order chi connectivity index (χ1) is 12.2. The zero-order valence-electron chi connectivity index (χ0n) is 16.1. The van der Waals surface area contributed by atoms with E-state index in [-0.39, 0.29) is 5.54 Å². The summed E-state index contributed by atoms with van der Waals surface area (Å²) < 4.78 is 0. The molecular weight excluding hydrogens is 312 g/mol. The van der Waals surface area contributed by atoms with Crippen LogP contribution in [0.1, 0.15) is 32.3 Å². The highest BCUT2D eigenvalue weighted by molar-refractivity contribution is 5.86. The molecule has 2 saturated heterocycles. The molecule has 0 bridgehead atoms. The second kappa shape index (κ2) is 9.90. The predicted octanol–water partition coefficient (Wildman–Crippen LogP) is 1.70. The average Bonchev–Trinajstić information content (AvgIpc) is 2.71. The van der Waals surface area contributed by atoms with E-state index in [4.69, 9.17) is 0 Å².